The lowest BCUT2D eigenvalue weighted by Gasteiger charge is -2.34. The summed E-state index contributed by atoms with van der Waals surface area (Å²) in [6, 6.07) is 5.72. The van der Waals surface area contributed by atoms with E-state index in [1.54, 1.807) is 0 Å². The Morgan fingerprint density at radius 1 is 1.32 bits per heavy atom. The lowest BCUT2D eigenvalue weighted by molar-refractivity contribution is 0.0614. The van der Waals surface area contributed by atoms with Crippen molar-refractivity contribution in [1.82, 2.24) is 9.80 Å². The van der Waals surface area contributed by atoms with Crippen LogP contribution in [0.3, 0.4) is 0 Å². The van der Waals surface area contributed by atoms with Crippen molar-refractivity contribution < 1.29 is 9.90 Å². The van der Waals surface area contributed by atoms with Crippen molar-refractivity contribution in [3.63, 3.8) is 0 Å². The summed E-state index contributed by atoms with van der Waals surface area (Å²) in [6.07, 6.45) is 0. The molecule has 0 spiro atoms. The fourth-order valence-electron chi connectivity index (χ4n) is 2.33. The number of carbonyl (C=O) groups is 1. The summed E-state index contributed by atoms with van der Waals surface area (Å²) in [4.78, 5) is 16.5. The number of carbonyl (C=O) groups excluding carboxylic acids is 1. The van der Waals surface area contributed by atoms with Gasteiger partial charge < -0.3 is 10.0 Å². The van der Waals surface area contributed by atoms with Crippen molar-refractivity contribution >= 4 is 21.8 Å². The molecule has 1 aromatic rings. The Labute approximate surface area is 122 Å². The van der Waals surface area contributed by atoms with Gasteiger partial charge in [-0.3, -0.25) is 9.69 Å². The number of aliphatic hydroxyl groups excluding tert-OH is 1. The normalized spacial score (nSPS) is 16.7. The molecule has 0 unspecified atom stereocenters. The zero-order valence-corrected chi connectivity index (χ0v) is 12.7. The Bertz CT molecular complexity index is 457. The molecule has 104 valence electrons. The third-order valence-corrected chi connectivity index (χ3v) is 4.43. The van der Waals surface area contributed by atoms with E-state index in [-0.39, 0.29) is 12.5 Å². The Morgan fingerprint density at radius 3 is 2.63 bits per heavy atom. The number of halogens is 1. The monoisotopic (exact) mass is 326 g/mol. The fraction of sp³-hybridized carbons (Fsp3) is 0.500. The molecule has 4 nitrogen and oxygen atoms in total. The molecule has 0 bridgehead atoms. The SMILES string of the molecule is Cc1c(Br)cccc1C(=O)N1CCN(CCO)CC1. The van der Waals surface area contributed by atoms with Gasteiger partial charge in [-0.1, -0.05) is 22.0 Å². The Kier molecular flexibility index (Phi) is 4.96. The molecular weight excluding hydrogens is 308 g/mol. The summed E-state index contributed by atoms with van der Waals surface area (Å²) >= 11 is 3.46. The van der Waals surface area contributed by atoms with Crippen LogP contribution in [0.15, 0.2) is 22.7 Å². The predicted molar refractivity (Wildman–Crippen MR) is 78.3 cm³/mol. The topological polar surface area (TPSA) is 43.8 Å². The van der Waals surface area contributed by atoms with Gasteiger partial charge in [0.15, 0.2) is 0 Å². The van der Waals surface area contributed by atoms with Crippen molar-refractivity contribution in [3.8, 4) is 0 Å². The molecule has 1 aromatic carbocycles. The van der Waals surface area contributed by atoms with E-state index in [0.717, 1.165) is 41.8 Å². The predicted octanol–water partition coefficient (Wildman–Crippen LogP) is 1.51. The molecule has 1 aliphatic rings. The Balaban J connectivity index is 2.03. The van der Waals surface area contributed by atoms with Gasteiger partial charge in [-0.05, 0) is 24.6 Å². The van der Waals surface area contributed by atoms with E-state index in [4.69, 9.17) is 5.11 Å². The molecule has 1 amide bonds. The van der Waals surface area contributed by atoms with Crippen LogP contribution in [-0.4, -0.2) is 60.1 Å². The van der Waals surface area contributed by atoms with Crippen LogP contribution < -0.4 is 0 Å². The molecular formula is C14H19BrN2O2. The van der Waals surface area contributed by atoms with E-state index in [0.29, 0.717) is 6.54 Å². The number of β-amino-alcohol motifs (C(OH)–C–C–N with tert-alkyl or cyclic N) is 1. The number of rotatable bonds is 3. The number of benzene rings is 1. The first kappa shape index (κ1) is 14.5. The van der Waals surface area contributed by atoms with Crippen LogP contribution in [0, 0.1) is 6.92 Å². The zero-order valence-electron chi connectivity index (χ0n) is 11.1. The molecule has 0 atom stereocenters. The van der Waals surface area contributed by atoms with Gasteiger partial charge >= 0.3 is 0 Å². The first-order valence-corrected chi connectivity index (χ1v) is 7.30. The van der Waals surface area contributed by atoms with E-state index in [2.05, 4.69) is 20.8 Å². The van der Waals surface area contributed by atoms with Crippen molar-refractivity contribution in [3.05, 3.63) is 33.8 Å². The summed E-state index contributed by atoms with van der Waals surface area (Å²) in [5.41, 5.74) is 1.76. The van der Waals surface area contributed by atoms with Crippen LogP contribution in [0.5, 0.6) is 0 Å². The highest BCUT2D eigenvalue weighted by atomic mass is 79.9. The summed E-state index contributed by atoms with van der Waals surface area (Å²) in [5.74, 6) is 0.0995. The summed E-state index contributed by atoms with van der Waals surface area (Å²) < 4.78 is 0.970. The average Bonchev–Trinajstić information content (AvgIpc) is 2.42. The van der Waals surface area contributed by atoms with Crippen LogP contribution in [-0.2, 0) is 0 Å². The third kappa shape index (κ3) is 3.35. The molecule has 5 heteroatoms. The van der Waals surface area contributed by atoms with Crippen molar-refractivity contribution in [1.29, 1.82) is 0 Å². The van der Waals surface area contributed by atoms with Crippen molar-refractivity contribution in [2.75, 3.05) is 39.3 Å². The Morgan fingerprint density at radius 2 is 2.00 bits per heavy atom. The van der Waals surface area contributed by atoms with Crippen LogP contribution >= 0.6 is 15.9 Å². The minimum absolute atomic E-state index is 0.0995. The molecule has 1 saturated heterocycles. The summed E-state index contributed by atoms with van der Waals surface area (Å²) in [6.45, 7) is 5.95. The highest BCUT2D eigenvalue weighted by Gasteiger charge is 2.23. The number of piperazine rings is 1. The van der Waals surface area contributed by atoms with Crippen LogP contribution in [0.1, 0.15) is 15.9 Å². The van der Waals surface area contributed by atoms with Gasteiger partial charge in [-0.2, -0.15) is 0 Å². The summed E-state index contributed by atoms with van der Waals surface area (Å²) in [7, 11) is 0. The number of hydrogen-bond acceptors (Lipinski definition) is 3. The molecule has 1 aliphatic heterocycles. The van der Waals surface area contributed by atoms with Gasteiger partial charge in [-0.15, -0.1) is 0 Å². The smallest absolute Gasteiger partial charge is 0.254 e. The molecule has 0 aliphatic carbocycles. The summed E-state index contributed by atoms with van der Waals surface area (Å²) in [5, 5.41) is 8.91. The van der Waals surface area contributed by atoms with Crippen LogP contribution in [0.2, 0.25) is 0 Å². The maximum Gasteiger partial charge on any atom is 0.254 e. The molecule has 0 aromatic heterocycles. The van der Waals surface area contributed by atoms with Crippen LogP contribution in [0.25, 0.3) is 0 Å². The first-order valence-electron chi connectivity index (χ1n) is 6.51. The van der Waals surface area contributed by atoms with Gasteiger partial charge in [0.25, 0.3) is 5.91 Å². The van der Waals surface area contributed by atoms with E-state index in [1.807, 2.05) is 30.0 Å². The molecule has 1 heterocycles. The second kappa shape index (κ2) is 6.50. The highest BCUT2D eigenvalue weighted by molar-refractivity contribution is 9.10. The second-order valence-corrected chi connectivity index (χ2v) is 5.62. The molecule has 0 saturated carbocycles. The number of aliphatic hydroxyl groups is 1. The molecule has 1 fully saturated rings. The average molecular weight is 327 g/mol. The molecule has 0 radical (unpaired) electrons. The number of nitrogens with zero attached hydrogens (tertiary/aromatic N) is 2. The molecule has 19 heavy (non-hydrogen) atoms. The number of amides is 1. The minimum atomic E-state index is 0.0995. The van der Waals surface area contributed by atoms with E-state index < -0.39 is 0 Å². The second-order valence-electron chi connectivity index (χ2n) is 4.77. The largest absolute Gasteiger partial charge is 0.395 e. The Hall–Kier alpha value is -0.910. The van der Waals surface area contributed by atoms with Crippen LogP contribution in [0.4, 0.5) is 0 Å². The van der Waals surface area contributed by atoms with E-state index in [1.165, 1.54) is 0 Å². The minimum Gasteiger partial charge on any atom is -0.395 e. The lowest BCUT2D eigenvalue weighted by Crippen LogP contribution is -2.49. The molecule has 2 rings (SSSR count). The molecule has 1 N–H and O–H groups in total. The van der Waals surface area contributed by atoms with Crippen molar-refractivity contribution in [2.45, 2.75) is 6.92 Å². The maximum atomic E-state index is 12.5. The third-order valence-electron chi connectivity index (χ3n) is 3.57. The van der Waals surface area contributed by atoms with E-state index >= 15 is 0 Å². The number of hydrogen-bond donors (Lipinski definition) is 1. The van der Waals surface area contributed by atoms with Gasteiger partial charge in [-0.25, -0.2) is 0 Å². The van der Waals surface area contributed by atoms with Crippen molar-refractivity contribution in [2.24, 2.45) is 0 Å². The quantitative estimate of drug-likeness (QED) is 0.915. The lowest BCUT2D eigenvalue weighted by atomic mass is 10.1. The van der Waals surface area contributed by atoms with E-state index in [9.17, 15) is 4.79 Å². The van der Waals surface area contributed by atoms with Gasteiger partial charge in [0.05, 0.1) is 6.61 Å². The van der Waals surface area contributed by atoms with Gasteiger partial charge in [0, 0.05) is 42.8 Å². The highest BCUT2D eigenvalue weighted by Crippen LogP contribution is 2.21. The first-order chi connectivity index (χ1) is 9.13. The standard InChI is InChI=1S/C14H19BrN2O2/c1-11-12(3-2-4-13(11)15)14(19)17-7-5-16(6-8-17)9-10-18/h2-4,18H,5-10H2,1H3. The van der Waals surface area contributed by atoms with Gasteiger partial charge in [0.2, 0.25) is 0 Å². The fourth-order valence-corrected chi connectivity index (χ4v) is 2.69. The maximum absolute atomic E-state index is 12.5. The van der Waals surface area contributed by atoms with Gasteiger partial charge in [0.1, 0.15) is 0 Å². The zero-order chi connectivity index (χ0) is 13.8.